The zero-order valence-corrected chi connectivity index (χ0v) is 13.0. The Labute approximate surface area is 133 Å². The second-order valence-corrected chi connectivity index (χ2v) is 5.77. The van der Waals surface area contributed by atoms with Crippen LogP contribution in [0.5, 0.6) is 0 Å². The molecule has 2 atom stereocenters. The molecule has 1 aromatic rings. The lowest BCUT2D eigenvalue weighted by Gasteiger charge is -2.23. The van der Waals surface area contributed by atoms with Crippen molar-refractivity contribution < 1.29 is 18.4 Å². The van der Waals surface area contributed by atoms with E-state index in [1.807, 2.05) is 0 Å². The van der Waals surface area contributed by atoms with Crippen LogP contribution in [-0.4, -0.2) is 35.8 Å². The maximum Gasteiger partial charge on any atom is 0.244 e. The van der Waals surface area contributed by atoms with Crippen LogP contribution in [0.4, 0.5) is 14.5 Å². The molecular weight excluding hydrogens is 304 g/mol. The Bertz CT molecular complexity index is 574. The van der Waals surface area contributed by atoms with Crippen LogP contribution < -0.4 is 11.1 Å². The van der Waals surface area contributed by atoms with Crippen molar-refractivity contribution in [3.05, 3.63) is 29.8 Å². The fourth-order valence-corrected chi connectivity index (χ4v) is 2.81. The molecule has 1 aromatic carbocycles. The van der Waals surface area contributed by atoms with Gasteiger partial charge in [-0.15, -0.1) is 0 Å². The van der Waals surface area contributed by atoms with E-state index < -0.39 is 23.2 Å². The van der Waals surface area contributed by atoms with E-state index in [4.69, 9.17) is 5.73 Å². The molecule has 0 aliphatic heterocycles. The van der Waals surface area contributed by atoms with E-state index in [-0.39, 0.29) is 24.4 Å². The van der Waals surface area contributed by atoms with Crippen molar-refractivity contribution in [3.63, 3.8) is 0 Å². The minimum atomic E-state index is -0.852. The zero-order chi connectivity index (χ0) is 17.0. The second-order valence-electron chi connectivity index (χ2n) is 5.77. The molecule has 0 spiro atoms. The van der Waals surface area contributed by atoms with E-state index >= 15 is 0 Å². The van der Waals surface area contributed by atoms with E-state index in [1.54, 1.807) is 6.92 Å². The summed E-state index contributed by atoms with van der Waals surface area (Å²) in [5, 5.41) is 2.19. The van der Waals surface area contributed by atoms with E-state index in [0.717, 1.165) is 18.6 Å². The maximum absolute atomic E-state index is 13.5. The lowest BCUT2D eigenvalue weighted by atomic mass is 10.1. The average Bonchev–Trinajstić information content (AvgIpc) is 2.94. The van der Waals surface area contributed by atoms with Gasteiger partial charge >= 0.3 is 0 Å². The van der Waals surface area contributed by atoms with Crippen LogP contribution in [0.15, 0.2) is 18.2 Å². The fraction of sp³-hybridized carbons (Fsp3) is 0.500. The highest BCUT2D eigenvalue weighted by Crippen LogP contribution is 2.26. The highest BCUT2D eigenvalue weighted by molar-refractivity contribution is 5.95. The van der Waals surface area contributed by atoms with Gasteiger partial charge in [0, 0.05) is 18.5 Å². The predicted octanol–water partition coefficient (Wildman–Crippen LogP) is 1.88. The summed E-state index contributed by atoms with van der Waals surface area (Å²) in [7, 11) is 0. The topological polar surface area (TPSA) is 75.4 Å². The first-order valence-corrected chi connectivity index (χ1v) is 7.70. The van der Waals surface area contributed by atoms with Crippen LogP contribution in [-0.2, 0) is 9.59 Å². The number of nitrogens with one attached hydrogen (secondary N) is 1. The van der Waals surface area contributed by atoms with Gasteiger partial charge in [-0.3, -0.25) is 9.59 Å². The number of nitrogens with two attached hydrogens (primary N) is 1. The monoisotopic (exact) mass is 325 g/mol. The Morgan fingerprint density at radius 3 is 2.48 bits per heavy atom. The largest absolute Gasteiger partial charge is 0.333 e. The Balaban J connectivity index is 1.98. The van der Waals surface area contributed by atoms with Gasteiger partial charge in [0.25, 0.3) is 0 Å². The highest BCUT2D eigenvalue weighted by Gasteiger charge is 2.31. The van der Waals surface area contributed by atoms with Crippen molar-refractivity contribution in [2.75, 3.05) is 18.4 Å². The number of para-hydroxylation sites is 1. The van der Waals surface area contributed by atoms with Gasteiger partial charge in [0.1, 0.15) is 17.3 Å². The van der Waals surface area contributed by atoms with Gasteiger partial charge in [-0.05, 0) is 38.3 Å². The van der Waals surface area contributed by atoms with Crippen LogP contribution in [0.3, 0.4) is 0 Å². The summed E-state index contributed by atoms with van der Waals surface area (Å²) in [4.78, 5) is 25.8. The third-order valence-electron chi connectivity index (χ3n) is 4.08. The molecule has 2 unspecified atom stereocenters. The first kappa shape index (κ1) is 17.3. The molecule has 126 valence electrons. The molecule has 1 fully saturated rings. The molecule has 0 saturated heterocycles. The lowest BCUT2D eigenvalue weighted by Crippen LogP contribution is -2.41. The number of rotatable bonds is 5. The Kier molecular flexibility index (Phi) is 5.65. The second kappa shape index (κ2) is 7.50. The Hall–Kier alpha value is -2.02. The van der Waals surface area contributed by atoms with Crippen molar-refractivity contribution >= 4 is 17.5 Å². The quantitative estimate of drug-likeness (QED) is 0.868. The first-order valence-electron chi connectivity index (χ1n) is 7.70. The normalized spacial score (nSPS) is 20.3. The highest BCUT2D eigenvalue weighted by atomic mass is 19.1. The number of amides is 2. The molecule has 1 saturated carbocycles. The van der Waals surface area contributed by atoms with Gasteiger partial charge in [0.05, 0.1) is 6.54 Å². The van der Waals surface area contributed by atoms with Crippen molar-refractivity contribution in [1.82, 2.24) is 4.90 Å². The first-order chi connectivity index (χ1) is 10.9. The average molecular weight is 325 g/mol. The van der Waals surface area contributed by atoms with Gasteiger partial charge in [0.2, 0.25) is 11.8 Å². The number of carbonyl (C=O) groups is 2. The predicted molar refractivity (Wildman–Crippen MR) is 82.6 cm³/mol. The van der Waals surface area contributed by atoms with Gasteiger partial charge in [0.15, 0.2) is 0 Å². The molecule has 2 amide bonds. The molecule has 0 radical (unpaired) electrons. The molecule has 1 aliphatic rings. The van der Waals surface area contributed by atoms with Crippen LogP contribution in [0, 0.1) is 17.6 Å². The Morgan fingerprint density at radius 2 is 1.96 bits per heavy atom. The number of carbonyl (C=O) groups excluding carboxylic acids is 2. The van der Waals surface area contributed by atoms with E-state index in [1.165, 1.54) is 11.0 Å². The van der Waals surface area contributed by atoms with E-state index in [2.05, 4.69) is 5.32 Å². The van der Waals surface area contributed by atoms with E-state index in [0.29, 0.717) is 19.4 Å². The van der Waals surface area contributed by atoms with Gasteiger partial charge in [-0.25, -0.2) is 8.78 Å². The summed E-state index contributed by atoms with van der Waals surface area (Å²) in [6, 6.07) is 3.35. The molecule has 0 bridgehead atoms. The summed E-state index contributed by atoms with van der Waals surface area (Å²) >= 11 is 0. The molecule has 3 N–H and O–H groups in total. The zero-order valence-electron chi connectivity index (χ0n) is 13.0. The molecule has 2 rings (SSSR count). The minimum Gasteiger partial charge on any atom is -0.333 e. The van der Waals surface area contributed by atoms with Crippen LogP contribution in [0.2, 0.25) is 0 Å². The van der Waals surface area contributed by atoms with E-state index in [9.17, 15) is 18.4 Å². The fourth-order valence-electron chi connectivity index (χ4n) is 2.81. The maximum atomic E-state index is 13.5. The number of hydrogen-bond acceptors (Lipinski definition) is 3. The third kappa shape index (κ3) is 4.25. The number of benzene rings is 1. The molecule has 1 aliphatic carbocycles. The van der Waals surface area contributed by atoms with Crippen LogP contribution >= 0.6 is 0 Å². The molecule has 23 heavy (non-hydrogen) atoms. The van der Waals surface area contributed by atoms with Crippen molar-refractivity contribution in [1.29, 1.82) is 0 Å². The van der Waals surface area contributed by atoms with Crippen molar-refractivity contribution in [2.45, 2.75) is 32.2 Å². The van der Waals surface area contributed by atoms with Crippen LogP contribution in [0.1, 0.15) is 26.2 Å². The molecule has 5 nitrogen and oxygen atoms in total. The molecule has 0 aromatic heterocycles. The number of hydrogen-bond donors (Lipinski definition) is 2. The van der Waals surface area contributed by atoms with Crippen molar-refractivity contribution in [2.24, 2.45) is 11.7 Å². The van der Waals surface area contributed by atoms with Gasteiger partial charge in [-0.2, -0.15) is 0 Å². The minimum absolute atomic E-state index is 0.0176. The third-order valence-corrected chi connectivity index (χ3v) is 4.08. The number of anilines is 1. The van der Waals surface area contributed by atoms with Crippen LogP contribution in [0.25, 0.3) is 0 Å². The summed E-state index contributed by atoms with van der Waals surface area (Å²) in [6.07, 6.45) is 2.11. The number of nitrogens with zero attached hydrogens (tertiary/aromatic N) is 1. The number of halogens is 2. The molecule has 7 heteroatoms. The standard InChI is InChI=1S/C16H21F2N3O2/c1-2-21(16(23)10-6-7-11(19)8-10)9-14(22)20-15-12(17)4-3-5-13(15)18/h3-5,10-11H,2,6-9,19H2,1H3,(H,20,22). The molecular formula is C16H21F2N3O2. The summed E-state index contributed by atoms with van der Waals surface area (Å²) in [5.74, 6) is -2.65. The summed E-state index contributed by atoms with van der Waals surface area (Å²) in [5.41, 5.74) is 5.31. The van der Waals surface area contributed by atoms with Gasteiger partial charge < -0.3 is 16.0 Å². The Morgan fingerprint density at radius 1 is 1.30 bits per heavy atom. The van der Waals surface area contributed by atoms with Crippen molar-refractivity contribution in [3.8, 4) is 0 Å². The SMILES string of the molecule is CCN(CC(=O)Nc1c(F)cccc1F)C(=O)C1CCC(N)C1. The lowest BCUT2D eigenvalue weighted by molar-refractivity contribution is -0.138. The number of likely N-dealkylation sites (N-methyl/N-ethyl adjacent to an activating group) is 1. The van der Waals surface area contributed by atoms with Gasteiger partial charge in [-0.1, -0.05) is 6.07 Å². The summed E-state index contributed by atoms with van der Waals surface area (Å²) < 4.78 is 27.1. The summed E-state index contributed by atoms with van der Waals surface area (Å²) in [6.45, 7) is 1.86. The smallest absolute Gasteiger partial charge is 0.244 e. The molecule has 0 heterocycles.